The van der Waals surface area contributed by atoms with Gasteiger partial charge in [-0.3, -0.25) is 9.79 Å². The Balaban J connectivity index is 1.52. The number of aliphatic imine (C=N–C) groups is 1. The van der Waals surface area contributed by atoms with Crippen LogP contribution in [0.2, 0.25) is 0 Å². The Morgan fingerprint density at radius 1 is 1.26 bits per heavy atom. The van der Waals surface area contributed by atoms with Gasteiger partial charge in [0.05, 0.1) is 42.1 Å². The first kappa shape index (κ1) is 31.3. The molecule has 4 N–H and O–H groups in total. The maximum Gasteiger partial charge on any atom is 0.410 e. The number of amides is 1. The molecule has 1 amide bonds. The van der Waals surface area contributed by atoms with Crippen molar-refractivity contribution in [2.24, 2.45) is 4.99 Å². The maximum atomic E-state index is 12.3. The number of H-pyrrole nitrogens is 1. The number of hydrogen-bond acceptors (Lipinski definition) is 11. The topological polar surface area (TPSA) is 175 Å². The molecule has 4 rings (SSSR count). The highest BCUT2D eigenvalue weighted by atomic mass is 16.6. The number of aromatic nitrogens is 3. The Kier molecular flexibility index (Phi) is 10.2. The Labute approximate surface area is 249 Å². The van der Waals surface area contributed by atoms with Crippen molar-refractivity contribution in [1.29, 1.82) is 0 Å². The van der Waals surface area contributed by atoms with E-state index in [1.807, 2.05) is 32.9 Å². The molecule has 0 bridgehead atoms. The van der Waals surface area contributed by atoms with Crippen molar-refractivity contribution in [3.8, 4) is 11.6 Å². The smallest absolute Gasteiger partial charge is 0.410 e. The molecule has 232 valence electrons. The van der Waals surface area contributed by atoms with Crippen molar-refractivity contribution in [3.05, 3.63) is 30.1 Å². The molecule has 0 spiro atoms. The first-order chi connectivity index (χ1) is 20.5. The quantitative estimate of drug-likeness (QED) is 0.177. The number of rotatable bonds is 12. The van der Waals surface area contributed by atoms with Crippen LogP contribution in [-0.2, 0) is 14.3 Å². The van der Waals surface area contributed by atoms with E-state index in [0.29, 0.717) is 79.7 Å². The average Bonchev–Trinajstić information content (AvgIpc) is 3.29. The number of anilines is 2. The van der Waals surface area contributed by atoms with Gasteiger partial charge >= 0.3 is 12.1 Å². The van der Waals surface area contributed by atoms with Gasteiger partial charge in [-0.05, 0) is 39.3 Å². The minimum atomic E-state index is -0.873. The maximum absolute atomic E-state index is 12.3. The number of likely N-dealkylation sites (N-methyl/N-ethyl adjacent to an activating group) is 1. The predicted molar refractivity (Wildman–Crippen MR) is 162 cm³/mol. The van der Waals surface area contributed by atoms with Gasteiger partial charge in [-0.1, -0.05) is 0 Å². The molecule has 0 atom stereocenters. The van der Waals surface area contributed by atoms with E-state index in [4.69, 9.17) is 19.3 Å². The van der Waals surface area contributed by atoms with Crippen molar-refractivity contribution < 1.29 is 34.0 Å². The van der Waals surface area contributed by atoms with E-state index in [1.165, 1.54) is 17.4 Å². The van der Waals surface area contributed by atoms with E-state index in [9.17, 15) is 14.7 Å². The molecule has 1 saturated heterocycles. The van der Waals surface area contributed by atoms with E-state index in [1.54, 1.807) is 13.1 Å². The molecule has 0 saturated carbocycles. The van der Waals surface area contributed by atoms with Gasteiger partial charge in [0.15, 0.2) is 5.88 Å². The summed E-state index contributed by atoms with van der Waals surface area (Å²) in [6.07, 6.45) is 2.85. The number of carboxylic acid groups (broad SMARTS) is 1. The van der Waals surface area contributed by atoms with E-state index in [0.717, 1.165) is 5.69 Å². The molecule has 3 aromatic rings. The summed E-state index contributed by atoms with van der Waals surface area (Å²) in [6.45, 7) is 9.03. The van der Waals surface area contributed by atoms with E-state index >= 15 is 0 Å². The molecule has 1 aliphatic heterocycles. The average molecular weight is 598 g/mol. The standard InChI is InChI=1S/C29H39N7O7/c1-29(2,3)43-28(40)35(4)10-9-30-25-24-20(27(39)34-26(24)33-18-32-25)17-31-19-7-8-21(36-11-14-41-15-12-36)22(16-19)42-13-5-6-23(37)38/h7-8,16-18,39H,5-6,9-15H2,1-4H3,(H,37,38)(H2,30,32,33,34). The van der Waals surface area contributed by atoms with Gasteiger partial charge in [0.2, 0.25) is 0 Å². The lowest BCUT2D eigenvalue weighted by Crippen LogP contribution is -2.36. The minimum Gasteiger partial charge on any atom is -0.494 e. The highest BCUT2D eigenvalue weighted by molar-refractivity contribution is 6.06. The number of benzene rings is 1. The zero-order chi connectivity index (χ0) is 31.0. The molecule has 1 aliphatic rings. The molecular formula is C29H39N7O7. The van der Waals surface area contributed by atoms with Crippen LogP contribution in [0, 0.1) is 0 Å². The van der Waals surface area contributed by atoms with E-state index in [-0.39, 0.29) is 18.9 Å². The summed E-state index contributed by atoms with van der Waals surface area (Å²) in [5.74, 6) is 0.0561. The Morgan fingerprint density at radius 2 is 2.02 bits per heavy atom. The third kappa shape index (κ3) is 8.70. The molecule has 3 heterocycles. The Morgan fingerprint density at radius 3 is 2.74 bits per heavy atom. The van der Waals surface area contributed by atoms with Crippen molar-refractivity contribution in [2.75, 3.05) is 63.3 Å². The van der Waals surface area contributed by atoms with Crippen LogP contribution in [0.15, 0.2) is 29.5 Å². The third-order valence-corrected chi connectivity index (χ3v) is 6.48. The fraction of sp³-hybridized carbons (Fsp3) is 0.483. The molecule has 2 aromatic heterocycles. The van der Waals surface area contributed by atoms with Crippen molar-refractivity contribution in [3.63, 3.8) is 0 Å². The number of aromatic amines is 1. The van der Waals surface area contributed by atoms with E-state index < -0.39 is 17.7 Å². The summed E-state index contributed by atoms with van der Waals surface area (Å²) in [5.41, 5.74) is 1.67. The Hall–Kier alpha value is -4.59. The molecule has 0 aliphatic carbocycles. The number of aliphatic carboxylic acids is 1. The number of carbonyl (C=O) groups is 2. The van der Waals surface area contributed by atoms with Gasteiger partial charge < -0.3 is 44.5 Å². The monoisotopic (exact) mass is 597 g/mol. The second-order valence-electron chi connectivity index (χ2n) is 11.0. The van der Waals surface area contributed by atoms with Crippen molar-refractivity contribution >= 4 is 46.5 Å². The van der Waals surface area contributed by atoms with Gasteiger partial charge in [-0.15, -0.1) is 0 Å². The number of aromatic hydroxyl groups is 1. The number of nitrogens with zero attached hydrogens (tertiary/aromatic N) is 5. The van der Waals surface area contributed by atoms with Crippen molar-refractivity contribution in [1.82, 2.24) is 19.9 Å². The molecule has 1 fully saturated rings. The van der Waals surface area contributed by atoms with Gasteiger partial charge in [0.25, 0.3) is 0 Å². The zero-order valence-electron chi connectivity index (χ0n) is 24.9. The summed E-state index contributed by atoms with van der Waals surface area (Å²) in [5, 5.41) is 23.4. The number of carbonyl (C=O) groups excluding carboxylic acids is 1. The lowest BCUT2D eigenvalue weighted by atomic mass is 10.2. The highest BCUT2D eigenvalue weighted by Gasteiger charge is 2.20. The lowest BCUT2D eigenvalue weighted by Gasteiger charge is -2.30. The highest BCUT2D eigenvalue weighted by Crippen LogP contribution is 2.34. The zero-order valence-corrected chi connectivity index (χ0v) is 24.9. The van der Waals surface area contributed by atoms with Crippen LogP contribution < -0.4 is 15.0 Å². The summed E-state index contributed by atoms with van der Waals surface area (Å²) >= 11 is 0. The Bertz CT molecular complexity index is 1440. The summed E-state index contributed by atoms with van der Waals surface area (Å²) < 4.78 is 16.9. The van der Waals surface area contributed by atoms with Crippen molar-refractivity contribution in [2.45, 2.75) is 39.2 Å². The lowest BCUT2D eigenvalue weighted by molar-refractivity contribution is -0.137. The normalized spacial score (nSPS) is 13.8. The van der Waals surface area contributed by atoms with Gasteiger partial charge in [0.1, 0.15) is 29.1 Å². The molecule has 14 nitrogen and oxygen atoms in total. The largest absolute Gasteiger partial charge is 0.494 e. The predicted octanol–water partition coefficient (Wildman–Crippen LogP) is 3.77. The fourth-order valence-electron chi connectivity index (χ4n) is 4.38. The van der Waals surface area contributed by atoms with Crippen LogP contribution in [0.5, 0.6) is 11.6 Å². The third-order valence-electron chi connectivity index (χ3n) is 6.48. The van der Waals surface area contributed by atoms with Crippen LogP contribution in [0.4, 0.5) is 22.0 Å². The number of carboxylic acids is 1. The second kappa shape index (κ2) is 14.1. The minimum absolute atomic E-state index is 0.0142. The number of ether oxygens (including phenoxy) is 3. The first-order valence-corrected chi connectivity index (χ1v) is 14.1. The summed E-state index contributed by atoms with van der Waals surface area (Å²) in [4.78, 5) is 42.9. The summed E-state index contributed by atoms with van der Waals surface area (Å²) in [7, 11) is 1.65. The number of fused-ring (bicyclic) bond motifs is 1. The first-order valence-electron chi connectivity index (χ1n) is 14.1. The molecule has 14 heteroatoms. The van der Waals surface area contributed by atoms with Crippen LogP contribution in [0.3, 0.4) is 0 Å². The molecule has 1 aromatic carbocycles. The number of morpholine rings is 1. The summed E-state index contributed by atoms with van der Waals surface area (Å²) in [6, 6.07) is 5.55. The van der Waals surface area contributed by atoms with Gasteiger partial charge in [0, 0.05) is 51.9 Å². The molecule has 0 radical (unpaired) electrons. The van der Waals surface area contributed by atoms with E-state index in [2.05, 4.69) is 30.2 Å². The second-order valence-corrected chi connectivity index (χ2v) is 11.0. The molecule has 43 heavy (non-hydrogen) atoms. The number of hydrogen-bond donors (Lipinski definition) is 4. The van der Waals surface area contributed by atoms with Gasteiger partial charge in [-0.25, -0.2) is 14.8 Å². The number of nitrogens with one attached hydrogen (secondary N) is 2. The van der Waals surface area contributed by atoms with Crippen LogP contribution >= 0.6 is 0 Å². The van der Waals surface area contributed by atoms with Crippen LogP contribution in [-0.4, -0.2) is 107 Å². The fourth-order valence-corrected chi connectivity index (χ4v) is 4.38. The van der Waals surface area contributed by atoms with Crippen LogP contribution in [0.1, 0.15) is 39.2 Å². The molecule has 0 unspecified atom stereocenters. The molecular weight excluding hydrogens is 558 g/mol. The SMILES string of the molecule is CN(CCNc1ncnc2[nH]c(O)c(C=Nc3ccc(N4CCOCC4)c(OCCCC(=O)O)c3)c12)C(=O)OC(C)(C)C. The van der Waals surface area contributed by atoms with Crippen LogP contribution in [0.25, 0.3) is 11.0 Å². The van der Waals surface area contributed by atoms with Gasteiger partial charge in [-0.2, -0.15) is 0 Å².